The summed E-state index contributed by atoms with van der Waals surface area (Å²) in [5, 5.41) is 5.95. The van der Waals surface area contributed by atoms with Crippen molar-refractivity contribution in [3.63, 3.8) is 0 Å². The Hall–Kier alpha value is -1.79. The average Bonchev–Trinajstić information content (AvgIpc) is 2.95. The molecule has 7 heteroatoms. The SMILES string of the molecule is CC1(CN)CCN(C(=O)CNC(=O)NCc2ccc(Cl)cc2)C1. The van der Waals surface area contributed by atoms with Crippen LogP contribution in [0.5, 0.6) is 0 Å². The zero-order valence-electron chi connectivity index (χ0n) is 13.3. The van der Waals surface area contributed by atoms with Crippen LogP contribution < -0.4 is 16.4 Å². The van der Waals surface area contributed by atoms with E-state index in [2.05, 4.69) is 17.6 Å². The van der Waals surface area contributed by atoms with Crippen LogP contribution in [0.3, 0.4) is 0 Å². The molecule has 0 radical (unpaired) electrons. The summed E-state index contributed by atoms with van der Waals surface area (Å²) < 4.78 is 0. The fourth-order valence-electron chi connectivity index (χ4n) is 2.52. The molecule has 1 fully saturated rings. The molecule has 1 saturated heterocycles. The van der Waals surface area contributed by atoms with Crippen molar-refractivity contribution in [3.8, 4) is 0 Å². The minimum absolute atomic E-state index is 0.00684. The largest absolute Gasteiger partial charge is 0.341 e. The maximum Gasteiger partial charge on any atom is 0.315 e. The quantitative estimate of drug-likeness (QED) is 0.757. The number of nitrogens with zero attached hydrogens (tertiary/aromatic N) is 1. The number of carbonyl (C=O) groups is 2. The summed E-state index contributed by atoms with van der Waals surface area (Å²) in [5.41, 5.74) is 6.66. The molecule has 0 saturated carbocycles. The zero-order chi connectivity index (χ0) is 16.9. The van der Waals surface area contributed by atoms with Gasteiger partial charge in [-0.1, -0.05) is 30.7 Å². The van der Waals surface area contributed by atoms with Crippen molar-refractivity contribution in [2.45, 2.75) is 19.9 Å². The molecule has 1 aromatic carbocycles. The van der Waals surface area contributed by atoms with E-state index in [0.29, 0.717) is 31.2 Å². The molecule has 23 heavy (non-hydrogen) atoms. The van der Waals surface area contributed by atoms with Crippen molar-refractivity contribution in [1.82, 2.24) is 15.5 Å². The summed E-state index contributed by atoms with van der Waals surface area (Å²) in [6.07, 6.45) is 0.901. The number of likely N-dealkylation sites (tertiary alicyclic amines) is 1. The Labute approximate surface area is 141 Å². The molecule has 6 nitrogen and oxygen atoms in total. The zero-order valence-corrected chi connectivity index (χ0v) is 14.0. The predicted octanol–water partition coefficient (Wildman–Crippen LogP) is 1.34. The Morgan fingerprint density at radius 3 is 2.61 bits per heavy atom. The number of amides is 3. The van der Waals surface area contributed by atoms with Crippen molar-refractivity contribution < 1.29 is 9.59 Å². The van der Waals surface area contributed by atoms with Crippen LogP contribution in [0.1, 0.15) is 18.9 Å². The fourth-order valence-corrected chi connectivity index (χ4v) is 2.64. The molecule has 1 unspecified atom stereocenters. The van der Waals surface area contributed by atoms with E-state index in [0.717, 1.165) is 12.0 Å². The number of carbonyl (C=O) groups excluding carboxylic acids is 2. The van der Waals surface area contributed by atoms with Crippen LogP contribution in [0.2, 0.25) is 5.02 Å². The molecule has 1 atom stereocenters. The number of benzene rings is 1. The number of hydrogen-bond acceptors (Lipinski definition) is 3. The van der Waals surface area contributed by atoms with E-state index in [1.54, 1.807) is 17.0 Å². The molecule has 1 aromatic rings. The first-order valence-corrected chi connectivity index (χ1v) is 8.04. The monoisotopic (exact) mass is 338 g/mol. The van der Waals surface area contributed by atoms with Gasteiger partial charge < -0.3 is 21.3 Å². The van der Waals surface area contributed by atoms with E-state index >= 15 is 0 Å². The lowest BCUT2D eigenvalue weighted by Gasteiger charge is -2.22. The van der Waals surface area contributed by atoms with Crippen LogP contribution in [-0.2, 0) is 11.3 Å². The van der Waals surface area contributed by atoms with Gasteiger partial charge in [-0.25, -0.2) is 4.79 Å². The highest BCUT2D eigenvalue weighted by molar-refractivity contribution is 6.30. The van der Waals surface area contributed by atoms with E-state index in [1.807, 2.05) is 12.1 Å². The number of rotatable bonds is 5. The van der Waals surface area contributed by atoms with Gasteiger partial charge in [-0.05, 0) is 36.1 Å². The topological polar surface area (TPSA) is 87.5 Å². The number of nitrogens with two attached hydrogens (primary N) is 1. The third-order valence-electron chi connectivity index (χ3n) is 4.17. The van der Waals surface area contributed by atoms with Crippen LogP contribution in [-0.4, -0.2) is 43.0 Å². The van der Waals surface area contributed by atoms with Crippen LogP contribution in [0.4, 0.5) is 4.79 Å². The summed E-state index contributed by atoms with van der Waals surface area (Å²) in [5.74, 6) is -0.0798. The van der Waals surface area contributed by atoms with Crippen LogP contribution in [0, 0.1) is 5.41 Å². The second kappa shape index (κ2) is 7.66. The smallest absolute Gasteiger partial charge is 0.315 e. The number of halogens is 1. The third-order valence-corrected chi connectivity index (χ3v) is 4.42. The normalized spacial score (nSPS) is 20.4. The number of hydrogen-bond donors (Lipinski definition) is 3. The lowest BCUT2D eigenvalue weighted by molar-refractivity contribution is -0.129. The highest BCUT2D eigenvalue weighted by Crippen LogP contribution is 2.28. The van der Waals surface area contributed by atoms with Gasteiger partial charge in [0.05, 0.1) is 6.54 Å². The van der Waals surface area contributed by atoms with Crippen molar-refractivity contribution in [2.75, 3.05) is 26.2 Å². The van der Waals surface area contributed by atoms with Crippen molar-refractivity contribution in [1.29, 1.82) is 0 Å². The molecule has 4 N–H and O–H groups in total. The lowest BCUT2D eigenvalue weighted by atomic mass is 9.90. The molecule has 2 rings (SSSR count). The Balaban J connectivity index is 1.70. The molecular weight excluding hydrogens is 316 g/mol. The van der Waals surface area contributed by atoms with Gasteiger partial charge in [0.1, 0.15) is 0 Å². The molecular formula is C16H23ClN4O2. The molecule has 126 valence electrons. The second-order valence-corrected chi connectivity index (χ2v) is 6.68. The molecule has 1 aliphatic heterocycles. The fraction of sp³-hybridized carbons (Fsp3) is 0.500. The van der Waals surface area contributed by atoms with Crippen molar-refractivity contribution >= 4 is 23.5 Å². The molecule has 1 aliphatic rings. The van der Waals surface area contributed by atoms with E-state index in [-0.39, 0.29) is 23.9 Å². The van der Waals surface area contributed by atoms with E-state index < -0.39 is 0 Å². The van der Waals surface area contributed by atoms with Gasteiger partial charge in [-0.15, -0.1) is 0 Å². The maximum absolute atomic E-state index is 12.1. The van der Waals surface area contributed by atoms with Gasteiger partial charge in [-0.2, -0.15) is 0 Å². The highest BCUT2D eigenvalue weighted by Gasteiger charge is 2.34. The van der Waals surface area contributed by atoms with Crippen LogP contribution >= 0.6 is 11.6 Å². The Kier molecular flexibility index (Phi) is 5.85. The summed E-state index contributed by atoms with van der Waals surface area (Å²) in [4.78, 5) is 25.6. The molecule has 1 heterocycles. The van der Waals surface area contributed by atoms with E-state index in [1.165, 1.54) is 0 Å². The molecule has 0 bridgehead atoms. The van der Waals surface area contributed by atoms with E-state index in [9.17, 15) is 9.59 Å². The van der Waals surface area contributed by atoms with Gasteiger partial charge in [0.15, 0.2) is 0 Å². The number of urea groups is 1. The molecule has 3 amide bonds. The van der Waals surface area contributed by atoms with Crippen molar-refractivity contribution in [2.24, 2.45) is 11.1 Å². The van der Waals surface area contributed by atoms with Crippen LogP contribution in [0.25, 0.3) is 0 Å². The maximum atomic E-state index is 12.1. The Morgan fingerprint density at radius 1 is 1.30 bits per heavy atom. The first-order valence-electron chi connectivity index (χ1n) is 7.66. The molecule has 0 aliphatic carbocycles. The predicted molar refractivity (Wildman–Crippen MR) is 90.0 cm³/mol. The van der Waals surface area contributed by atoms with Gasteiger partial charge in [0, 0.05) is 24.7 Å². The second-order valence-electron chi connectivity index (χ2n) is 6.24. The first kappa shape index (κ1) is 17.6. The van der Waals surface area contributed by atoms with Gasteiger partial charge in [0.25, 0.3) is 0 Å². The summed E-state index contributed by atoms with van der Waals surface area (Å²) in [7, 11) is 0. The Morgan fingerprint density at radius 2 is 2.00 bits per heavy atom. The van der Waals surface area contributed by atoms with Crippen LogP contribution in [0.15, 0.2) is 24.3 Å². The third kappa shape index (κ3) is 5.11. The van der Waals surface area contributed by atoms with Crippen molar-refractivity contribution in [3.05, 3.63) is 34.9 Å². The average molecular weight is 339 g/mol. The molecule has 0 spiro atoms. The van der Waals surface area contributed by atoms with E-state index in [4.69, 9.17) is 17.3 Å². The molecule has 0 aromatic heterocycles. The van der Waals surface area contributed by atoms with Gasteiger partial charge >= 0.3 is 6.03 Å². The van der Waals surface area contributed by atoms with Gasteiger partial charge in [0.2, 0.25) is 5.91 Å². The Bertz CT molecular complexity index is 564. The summed E-state index contributed by atoms with van der Waals surface area (Å²) in [6.45, 7) is 4.36. The standard InChI is InChI=1S/C16H23ClN4O2/c1-16(10-18)6-7-21(11-16)14(22)9-20-15(23)19-8-12-2-4-13(17)5-3-12/h2-5H,6-11,18H2,1H3,(H2,19,20,23). The first-order chi connectivity index (χ1) is 10.9. The number of nitrogens with one attached hydrogen (secondary N) is 2. The lowest BCUT2D eigenvalue weighted by Crippen LogP contribution is -2.43. The minimum atomic E-state index is -0.367. The highest BCUT2D eigenvalue weighted by atomic mass is 35.5. The summed E-state index contributed by atoms with van der Waals surface area (Å²) in [6, 6.07) is 6.84. The van der Waals surface area contributed by atoms with Gasteiger partial charge in [-0.3, -0.25) is 4.79 Å². The minimum Gasteiger partial charge on any atom is -0.341 e. The summed E-state index contributed by atoms with van der Waals surface area (Å²) >= 11 is 5.80.